The van der Waals surface area contributed by atoms with E-state index in [0.29, 0.717) is 12.6 Å². The normalized spacial score (nSPS) is 15.1. The van der Waals surface area contributed by atoms with E-state index in [9.17, 15) is 0 Å². The number of nitrogens with one attached hydrogen (secondary N) is 1. The van der Waals surface area contributed by atoms with Gasteiger partial charge in [-0.15, -0.1) is 11.3 Å². The van der Waals surface area contributed by atoms with Crippen LogP contribution < -0.4 is 5.32 Å². The lowest BCUT2D eigenvalue weighted by atomic mass is 10.3. The molecule has 0 aromatic carbocycles. The first kappa shape index (κ1) is 12.8. The van der Waals surface area contributed by atoms with Crippen molar-refractivity contribution in [3.63, 3.8) is 0 Å². The molecule has 1 aliphatic carbocycles. The highest BCUT2D eigenvalue weighted by Gasteiger charge is 2.22. The molecule has 5 nitrogen and oxygen atoms in total. The number of imidazole rings is 1. The summed E-state index contributed by atoms with van der Waals surface area (Å²) in [6.45, 7) is 1.45. The molecular formula is C13H18N4OS. The number of hydrogen-bond acceptors (Lipinski definition) is 5. The summed E-state index contributed by atoms with van der Waals surface area (Å²) < 4.78 is 7.24. The van der Waals surface area contributed by atoms with Gasteiger partial charge in [-0.3, -0.25) is 0 Å². The van der Waals surface area contributed by atoms with Crippen molar-refractivity contribution in [3.8, 4) is 10.7 Å². The Kier molecular flexibility index (Phi) is 3.63. The maximum atomic E-state index is 5.25. The average Bonchev–Trinajstić information content (AvgIpc) is 3.00. The van der Waals surface area contributed by atoms with E-state index in [1.807, 2.05) is 17.8 Å². The van der Waals surface area contributed by atoms with Crippen LogP contribution in [-0.2, 0) is 24.9 Å². The maximum Gasteiger partial charge on any atom is 0.142 e. The van der Waals surface area contributed by atoms with Crippen LogP contribution in [0.1, 0.15) is 23.4 Å². The largest absolute Gasteiger partial charge is 0.378 e. The predicted molar refractivity (Wildman–Crippen MR) is 74.9 cm³/mol. The van der Waals surface area contributed by atoms with Crippen LogP contribution in [0.4, 0.5) is 0 Å². The average molecular weight is 278 g/mol. The molecule has 2 heterocycles. The molecule has 1 aliphatic rings. The molecule has 0 spiro atoms. The first-order chi connectivity index (χ1) is 9.28. The zero-order valence-electron chi connectivity index (χ0n) is 11.2. The minimum absolute atomic E-state index is 0.566. The molecule has 0 bridgehead atoms. The van der Waals surface area contributed by atoms with E-state index in [-0.39, 0.29) is 0 Å². The van der Waals surface area contributed by atoms with Crippen molar-refractivity contribution in [2.45, 2.75) is 32.0 Å². The molecule has 2 aromatic rings. The lowest BCUT2D eigenvalue weighted by Gasteiger charge is -2.02. The van der Waals surface area contributed by atoms with Crippen LogP contribution in [-0.4, -0.2) is 27.7 Å². The quantitative estimate of drug-likeness (QED) is 0.877. The van der Waals surface area contributed by atoms with Gasteiger partial charge in [0.05, 0.1) is 30.5 Å². The van der Waals surface area contributed by atoms with Crippen LogP contribution in [0.15, 0.2) is 12.5 Å². The van der Waals surface area contributed by atoms with Crippen LogP contribution in [0.5, 0.6) is 0 Å². The molecule has 2 aromatic heterocycles. The van der Waals surface area contributed by atoms with E-state index < -0.39 is 0 Å². The van der Waals surface area contributed by atoms with Crippen molar-refractivity contribution < 1.29 is 4.74 Å². The zero-order valence-corrected chi connectivity index (χ0v) is 12.0. The zero-order chi connectivity index (χ0) is 13.2. The number of ether oxygens (including phenoxy) is 1. The van der Waals surface area contributed by atoms with Gasteiger partial charge in [0.15, 0.2) is 0 Å². The highest BCUT2D eigenvalue weighted by molar-refractivity contribution is 7.15. The van der Waals surface area contributed by atoms with E-state index in [1.165, 1.54) is 17.7 Å². The van der Waals surface area contributed by atoms with E-state index >= 15 is 0 Å². The fraction of sp³-hybridized carbons (Fsp3) is 0.538. The van der Waals surface area contributed by atoms with Crippen LogP contribution in [0.3, 0.4) is 0 Å². The van der Waals surface area contributed by atoms with Crippen LogP contribution >= 0.6 is 11.3 Å². The number of thiazole rings is 1. The van der Waals surface area contributed by atoms with Crippen molar-refractivity contribution in [2.24, 2.45) is 7.05 Å². The fourth-order valence-corrected chi connectivity index (χ4v) is 3.04. The summed E-state index contributed by atoms with van der Waals surface area (Å²) in [4.78, 5) is 10.1. The molecule has 0 unspecified atom stereocenters. The summed E-state index contributed by atoms with van der Waals surface area (Å²) in [7, 11) is 3.70. The number of rotatable bonds is 6. The van der Waals surface area contributed by atoms with Crippen molar-refractivity contribution in [1.29, 1.82) is 0 Å². The van der Waals surface area contributed by atoms with Crippen molar-refractivity contribution in [1.82, 2.24) is 19.9 Å². The van der Waals surface area contributed by atoms with Crippen LogP contribution in [0.2, 0.25) is 0 Å². The summed E-state index contributed by atoms with van der Waals surface area (Å²) in [5.74, 6) is 0. The fourth-order valence-electron chi connectivity index (χ4n) is 1.97. The van der Waals surface area contributed by atoms with Crippen molar-refractivity contribution in [3.05, 3.63) is 23.1 Å². The molecule has 0 radical (unpaired) electrons. The predicted octanol–water partition coefficient (Wildman–Crippen LogP) is 1.94. The smallest absolute Gasteiger partial charge is 0.142 e. The maximum absolute atomic E-state index is 5.25. The summed E-state index contributed by atoms with van der Waals surface area (Å²) in [6.07, 6.45) is 6.25. The highest BCUT2D eigenvalue weighted by Crippen LogP contribution is 2.29. The minimum atomic E-state index is 0.566. The molecule has 0 atom stereocenters. The molecular weight excluding hydrogens is 260 g/mol. The third kappa shape index (κ3) is 2.86. The Labute approximate surface area is 116 Å². The summed E-state index contributed by atoms with van der Waals surface area (Å²) in [5, 5.41) is 4.55. The number of methoxy groups -OCH3 is 1. The molecule has 6 heteroatoms. The molecule has 19 heavy (non-hydrogen) atoms. The number of hydrogen-bond donors (Lipinski definition) is 1. The Bertz CT molecular complexity index is 559. The molecule has 3 rings (SSSR count). The van der Waals surface area contributed by atoms with Gasteiger partial charge in [-0.25, -0.2) is 9.97 Å². The van der Waals surface area contributed by atoms with E-state index in [2.05, 4.69) is 10.3 Å². The third-order valence-corrected chi connectivity index (χ3v) is 4.34. The van der Waals surface area contributed by atoms with Gasteiger partial charge < -0.3 is 14.6 Å². The van der Waals surface area contributed by atoms with Gasteiger partial charge in [-0.1, -0.05) is 0 Å². The Balaban J connectivity index is 1.84. The van der Waals surface area contributed by atoms with Crippen molar-refractivity contribution >= 4 is 11.3 Å². The van der Waals surface area contributed by atoms with Crippen LogP contribution in [0.25, 0.3) is 10.7 Å². The number of aryl methyl sites for hydroxylation is 1. The van der Waals surface area contributed by atoms with Gasteiger partial charge in [-0.05, 0) is 12.8 Å². The van der Waals surface area contributed by atoms with Crippen molar-refractivity contribution in [2.75, 3.05) is 7.11 Å². The lowest BCUT2D eigenvalue weighted by Crippen LogP contribution is -2.15. The minimum Gasteiger partial charge on any atom is -0.378 e. The Morgan fingerprint density at radius 2 is 2.37 bits per heavy atom. The molecule has 1 saturated carbocycles. The van der Waals surface area contributed by atoms with Gasteiger partial charge in [0.1, 0.15) is 5.01 Å². The van der Waals surface area contributed by atoms with Gasteiger partial charge >= 0.3 is 0 Å². The Morgan fingerprint density at radius 1 is 1.53 bits per heavy atom. The molecule has 0 saturated heterocycles. The third-order valence-electron chi connectivity index (χ3n) is 3.22. The molecule has 102 valence electrons. The second-order valence-corrected chi connectivity index (χ2v) is 5.95. The SMILES string of the molecule is COCc1nc(-c2cncn2C)sc1CNC1CC1. The van der Waals surface area contributed by atoms with E-state index in [4.69, 9.17) is 9.72 Å². The summed E-state index contributed by atoms with van der Waals surface area (Å²) in [6, 6.07) is 0.706. The van der Waals surface area contributed by atoms with Crippen LogP contribution in [0, 0.1) is 0 Å². The molecule has 0 aliphatic heterocycles. The second kappa shape index (κ2) is 5.40. The first-order valence-corrected chi connectivity index (χ1v) is 7.27. The highest BCUT2D eigenvalue weighted by atomic mass is 32.1. The molecule has 0 amide bonds. The molecule has 1 fully saturated rings. The molecule has 1 N–H and O–H groups in total. The van der Waals surface area contributed by atoms with Gasteiger partial charge in [0, 0.05) is 31.6 Å². The first-order valence-electron chi connectivity index (χ1n) is 6.45. The number of aromatic nitrogens is 3. The van der Waals surface area contributed by atoms with Gasteiger partial charge in [0.2, 0.25) is 0 Å². The summed E-state index contributed by atoms with van der Waals surface area (Å²) >= 11 is 1.73. The Hall–Kier alpha value is -1.24. The number of nitrogens with zero attached hydrogens (tertiary/aromatic N) is 3. The topological polar surface area (TPSA) is 52.0 Å². The standard InChI is InChI=1S/C13H18N4OS/c1-17-8-14-5-11(17)13-16-10(7-18-2)12(19-13)6-15-9-3-4-9/h5,8-9,15H,3-4,6-7H2,1-2H3. The Morgan fingerprint density at radius 3 is 3.00 bits per heavy atom. The summed E-state index contributed by atoms with van der Waals surface area (Å²) in [5.41, 5.74) is 2.09. The van der Waals surface area contributed by atoms with Gasteiger partial charge in [-0.2, -0.15) is 0 Å². The monoisotopic (exact) mass is 278 g/mol. The van der Waals surface area contributed by atoms with Gasteiger partial charge in [0.25, 0.3) is 0 Å². The van der Waals surface area contributed by atoms with E-state index in [1.54, 1.807) is 24.8 Å². The second-order valence-electron chi connectivity index (χ2n) is 4.87. The van der Waals surface area contributed by atoms with E-state index in [0.717, 1.165) is 22.9 Å². The lowest BCUT2D eigenvalue weighted by molar-refractivity contribution is 0.181.